The van der Waals surface area contributed by atoms with Crippen molar-refractivity contribution in [1.82, 2.24) is 15.0 Å². The predicted molar refractivity (Wildman–Crippen MR) is 113 cm³/mol. The zero-order valence-corrected chi connectivity index (χ0v) is 16.9. The van der Waals surface area contributed by atoms with E-state index in [1.54, 1.807) is 29.6 Å². The van der Waals surface area contributed by atoms with Crippen molar-refractivity contribution in [2.75, 3.05) is 17.7 Å². The summed E-state index contributed by atoms with van der Waals surface area (Å²) in [6.07, 6.45) is 1.57. The number of para-hydroxylation sites is 1. The van der Waals surface area contributed by atoms with Crippen LogP contribution in [0.25, 0.3) is 20.4 Å². The van der Waals surface area contributed by atoms with Crippen LogP contribution in [0.3, 0.4) is 0 Å². The molecule has 27 heavy (non-hydrogen) atoms. The molecule has 7 heteroatoms. The van der Waals surface area contributed by atoms with Crippen molar-refractivity contribution in [1.29, 1.82) is 0 Å². The summed E-state index contributed by atoms with van der Waals surface area (Å²) in [5.74, 6) is 0.348. The second kappa shape index (κ2) is 7.25. The van der Waals surface area contributed by atoms with E-state index in [9.17, 15) is 4.79 Å². The van der Waals surface area contributed by atoms with Crippen LogP contribution in [0.1, 0.15) is 11.3 Å². The van der Waals surface area contributed by atoms with Gasteiger partial charge in [0, 0.05) is 23.8 Å². The number of benzene rings is 1. The highest BCUT2D eigenvalue weighted by atomic mass is 32.2. The summed E-state index contributed by atoms with van der Waals surface area (Å²) >= 11 is 3.04. The molecule has 0 unspecified atom stereocenters. The van der Waals surface area contributed by atoms with Crippen LogP contribution in [-0.4, -0.2) is 33.7 Å². The second-order valence-corrected chi connectivity index (χ2v) is 8.26. The highest BCUT2D eigenvalue weighted by molar-refractivity contribution is 8.00. The SMILES string of the molecule is Cc1cc(C)c2c(n1)sc1c(SCC(=O)N(C)c3ccccc3)ncnc12. The zero-order valence-electron chi connectivity index (χ0n) is 15.3. The molecule has 0 radical (unpaired) electrons. The van der Waals surface area contributed by atoms with Crippen LogP contribution >= 0.6 is 23.1 Å². The van der Waals surface area contributed by atoms with Gasteiger partial charge < -0.3 is 4.90 Å². The number of anilines is 1. The first kappa shape index (κ1) is 17.9. The molecule has 5 nitrogen and oxygen atoms in total. The summed E-state index contributed by atoms with van der Waals surface area (Å²) in [6.45, 7) is 4.08. The number of hydrogen-bond donors (Lipinski definition) is 0. The smallest absolute Gasteiger partial charge is 0.237 e. The van der Waals surface area contributed by atoms with Gasteiger partial charge in [0.15, 0.2) is 0 Å². The average molecular weight is 395 g/mol. The number of nitrogens with zero attached hydrogens (tertiary/aromatic N) is 4. The third kappa shape index (κ3) is 3.40. The molecule has 4 aromatic rings. The molecule has 0 aliphatic heterocycles. The Morgan fingerprint density at radius 2 is 1.96 bits per heavy atom. The number of aromatic nitrogens is 3. The molecule has 0 atom stereocenters. The Kier molecular flexibility index (Phi) is 4.80. The van der Waals surface area contributed by atoms with Crippen molar-refractivity contribution in [2.24, 2.45) is 0 Å². The van der Waals surface area contributed by atoms with Crippen LogP contribution in [-0.2, 0) is 4.79 Å². The standard InChI is InChI=1S/C20H18N4OS2/c1-12-9-13(2)23-19-16(12)17-18(27-19)20(22-11-21-17)26-10-15(25)24(3)14-7-5-4-6-8-14/h4-9,11H,10H2,1-3H3. The molecule has 4 rings (SSSR count). The fourth-order valence-electron chi connectivity index (χ4n) is 3.01. The minimum atomic E-state index is 0.0317. The van der Waals surface area contributed by atoms with Crippen LogP contribution < -0.4 is 4.90 Å². The molecule has 0 spiro atoms. The molecule has 3 heterocycles. The fourth-order valence-corrected chi connectivity index (χ4v) is 5.25. The van der Waals surface area contributed by atoms with Crippen LogP contribution in [0.15, 0.2) is 47.8 Å². The van der Waals surface area contributed by atoms with Gasteiger partial charge in [-0.25, -0.2) is 15.0 Å². The number of hydrogen-bond acceptors (Lipinski definition) is 6. The Morgan fingerprint density at radius 1 is 1.19 bits per heavy atom. The lowest BCUT2D eigenvalue weighted by Gasteiger charge is -2.16. The van der Waals surface area contributed by atoms with Crippen LogP contribution in [0, 0.1) is 13.8 Å². The van der Waals surface area contributed by atoms with Gasteiger partial charge >= 0.3 is 0 Å². The van der Waals surface area contributed by atoms with Crippen molar-refractivity contribution in [3.63, 3.8) is 0 Å². The van der Waals surface area contributed by atoms with E-state index in [0.717, 1.165) is 36.8 Å². The van der Waals surface area contributed by atoms with Crippen molar-refractivity contribution in [3.8, 4) is 0 Å². The summed E-state index contributed by atoms with van der Waals surface area (Å²) in [5.41, 5.74) is 3.96. The predicted octanol–water partition coefficient (Wildman–Crippen LogP) is 4.61. The second-order valence-electron chi connectivity index (χ2n) is 6.30. The normalized spacial score (nSPS) is 11.2. The summed E-state index contributed by atoms with van der Waals surface area (Å²) in [4.78, 5) is 28.8. The molecule has 136 valence electrons. The van der Waals surface area contributed by atoms with E-state index in [-0.39, 0.29) is 5.91 Å². The number of carbonyl (C=O) groups excluding carboxylic acids is 1. The third-order valence-corrected chi connectivity index (χ3v) is 6.55. The Labute approximate surface area is 165 Å². The first-order valence-electron chi connectivity index (χ1n) is 8.50. The third-order valence-electron chi connectivity index (χ3n) is 4.37. The van der Waals surface area contributed by atoms with Crippen LogP contribution in [0.5, 0.6) is 0 Å². The van der Waals surface area contributed by atoms with E-state index >= 15 is 0 Å². The van der Waals surface area contributed by atoms with Gasteiger partial charge in [-0.05, 0) is 37.6 Å². The average Bonchev–Trinajstić information content (AvgIpc) is 3.05. The molecule has 0 saturated heterocycles. The van der Waals surface area contributed by atoms with Gasteiger partial charge in [0.2, 0.25) is 5.91 Å². The van der Waals surface area contributed by atoms with Crippen molar-refractivity contribution >= 4 is 55.1 Å². The van der Waals surface area contributed by atoms with E-state index in [1.807, 2.05) is 37.3 Å². The zero-order chi connectivity index (χ0) is 19.0. The lowest BCUT2D eigenvalue weighted by Crippen LogP contribution is -2.27. The van der Waals surface area contributed by atoms with E-state index in [4.69, 9.17) is 0 Å². The van der Waals surface area contributed by atoms with Crippen LogP contribution in [0.4, 0.5) is 5.69 Å². The summed E-state index contributed by atoms with van der Waals surface area (Å²) < 4.78 is 0.994. The van der Waals surface area contributed by atoms with Gasteiger partial charge in [-0.3, -0.25) is 4.79 Å². The van der Waals surface area contributed by atoms with E-state index in [2.05, 4.69) is 27.9 Å². The lowest BCUT2D eigenvalue weighted by atomic mass is 10.1. The summed E-state index contributed by atoms with van der Waals surface area (Å²) in [6, 6.07) is 11.7. The maximum atomic E-state index is 12.6. The summed E-state index contributed by atoms with van der Waals surface area (Å²) in [7, 11) is 1.79. The number of fused-ring (bicyclic) bond motifs is 3. The number of amides is 1. The molecule has 0 N–H and O–H groups in total. The molecular formula is C20H18N4OS2. The molecule has 3 aromatic heterocycles. The molecule has 0 aliphatic rings. The monoisotopic (exact) mass is 394 g/mol. The number of thiophene rings is 1. The Bertz CT molecular complexity index is 1140. The van der Waals surface area contributed by atoms with Crippen molar-refractivity contribution in [3.05, 3.63) is 54.0 Å². The van der Waals surface area contributed by atoms with E-state index in [0.29, 0.717) is 5.75 Å². The van der Waals surface area contributed by atoms with Gasteiger partial charge in [-0.2, -0.15) is 0 Å². The van der Waals surface area contributed by atoms with Gasteiger partial charge in [0.05, 0.1) is 16.0 Å². The van der Waals surface area contributed by atoms with E-state index < -0.39 is 0 Å². The molecule has 1 amide bonds. The highest BCUT2D eigenvalue weighted by Crippen LogP contribution is 2.38. The fraction of sp³-hybridized carbons (Fsp3) is 0.200. The molecular weight excluding hydrogens is 376 g/mol. The van der Waals surface area contributed by atoms with Gasteiger partial charge in [-0.15, -0.1) is 11.3 Å². The number of thioether (sulfide) groups is 1. The first-order valence-corrected chi connectivity index (χ1v) is 10.3. The van der Waals surface area contributed by atoms with E-state index in [1.165, 1.54) is 17.3 Å². The Balaban J connectivity index is 1.63. The Morgan fingerprint density at radius 3 is 2.74 bits per heavy atom. The maximum Gasteiger partial charge on any atom is 0.237 e. The Hall–Kier alpha value is -2.51. The number of pyridine rings is 1. The van der Waals surface area contributed by atoms with Crippen LogP contribution in [0.2, 0.25) is 0 Å². The van der Waals surface area contributed by atoms with Gasteiger partial charge in [0.1, 0.15) is 16.2 Å². The molecule has 0 saturated carbocycles. The summed E-state index contributed by atoms with van der Waals surface area (Å²) in [5, 5.41) is 1.91. The van der Waals surface area contributed by atoms with Crippen molar-refractivity contribution < 1.29 is 4.79 Å². The molecule has 0 fully saturated rings. The number of rotatable bonds is 4. The van der Waals surface area contributed by atoms with Gasteiger partial charge in [-0.1, -0.05) is 30.0 Å². The minimum Gasteiger partial charge on any atom is -0.315 e. The lowest BCUT2D eigenvalue weighted by molar-refractivity contribution is -0.115. The molecule has 1 aromatic carbocycles. The quantitative estimate of drug-likeness (QED) is 0.374. The number of aryl methyl sites for hydroxylation is 2. The van der Waals surface area contributed by atoms with Gasteiger partial charge in [0.25, 0.3) is 0 Å². The number of carbonyl (C=O) groups is 1. The first-order chi connectivity index (χ1) is 13.0. The highest BCUT2D eigenvalue weighted by Gasteiger charge is 2.17. The maximum absolute atomic E-state index is 12.6. The minimum absolute atomic E-state index is 0.0317. The van der Waals surface area contributed by atoms with Crippen molar-refractivity contribution in [2.45, 2.75) is 18.9 Å². The molecule has 0 aliphatic carbocycles. The topological polar surface area (TPSA) is 59.0 Å². The largest absolute Gasteiger partial charge is 0.315 e. The molecule has 0 bridgehead atoms.